The van der Waals surface area contributed by atoms with E-state index in [1.54, 1.807) is 6.20 Å². The maximum absolute atomic E-state index is 6.05. The number of aryl methyl sites for hydroxylation is 1. The Kier molecular flexibility index (Phi) is 4.27. The number of rotatable bonds is 5. The fourth-order valence-corrected chi connectivity index (χ4v) is 2.03. The third kappa shape index (κ3) is 3.17. The molecule has 102 valence electrons. The minimum atomic E-state index is -0.201. The van der Waals surface area contributed by atoms with Crippen molar-refractivity contribution in [2.24, 2.45) is 11.7 Å². The lowest BCUT2D eigenvalue weighted by molar-refractivity contribution is 0.335. The van der Waals surface area contributed by atoms with Gasteiger partial charge in [-0.2, -0.15) is 4.98 Å². The highest BCUT2D eigenvalue weighted by atomic mass is 16.5. The summed E-state index contributed by atoms with van der Waals surface area (Å²) >= 11 is 0. The molecule has 1 atom stereocenters. The van der Waals surface area contributed by atoms with Gasteiger partial charge in [-0.05, 0) is 30.4 Å². The number of hydrogen-bond acceptors (Lipinski definition) is 5. The van der Waals surface area contributed by atoms with Crippen molar-refractivity contribution in [2.45, 2.75) is 39.7 Å². The van der Waals surface area contributed by atoms with Gasteiger partial charge in [0.1, 0.15) is 0 Å². The quantitative estimate of drug-likeness (QED) is 0.894. The van der Waals surface area contributed by atoms with Gasteiger partial charge in [0.05, 0.1) is 6.04 Å². The van der Waals surface area contributed by atoms with Crippen molar-refractivity contribution in [3.05, 3.63) is 29.9 Å². The van der Waals surface area contributed by atoms with Gasteiger partial charge in [0, 0.05) is 18.0 Å². The van der Waals surface area contributed by atoms with Gasteiger partial charge in [-0.25, -0.2) is 0 Å². The van der Waals surface area contributed by atoms with Crippen molar-refractivity contribution in [3.63, 3.8) is 0 Å². The largest absolute Gasteiger partial charge is 0.337 e. The van der Waals surface area contributed by atoms with Crippen LogP contribution in [0.4, 0.5) is 0 Å². The Labute approximate surface area is 113 Å². The van der Waals surface area contributed by atoms with E-state index in [2.05, 4.69) is 35.9 Å². The van der Waals surface area contributed by atoms with Crippen molar-refractivity contribution < 1.29 is 4.52 Å². The maximum atomic E-state index is 6.05. The molecule has 0 aliphatic carbocycles. The van der Waals surface area contributed by atoms with Crippen LogP contribution in [0.2, 0.25) is 0 Å². The van der Waals surface area contributed by atoms with E-state index < -0.39 is 0 Å². The van der Waals surface area contributed by atoms with Crippen LogP contribution in [0.15, 0.2) is 23.0 Å². The second-order valence-corrected chi connectivity index (χ2v) is 5.08. The maximum Gasteiger partial charge on any atom is 0.243 e. The Hall–Kier alpha value is -1.75. The third-order valence-electron chi connectivity index (χ3n) is 3.01. The van der Waals surface area contributed by atoms with Crippen LogP contribution in [0.1, 0.15) is 44.7 Å². The minimum Gasteiger partial charge on any atom is -0.337 e. The molecule has 0 saturated carbocycles. The molecule has 5 nitrogen and oxygen atoms in total. The second-order valence-electron chi connectivity index (χ2n) is 5.08. The molecular formula is C14H20N4O. The summed E-state index contributed by atoms with van der Waals surface area (Å²) in [5.41, 5.74) is 8.12. The molecule has 0 saturated heterocycles. The van der Waals surface area contributed by atoms with E-state index in [0.717, 1.165) is 24.0 Å². The van der Waals surface area contributed by atoms with E-state index in [4.69, 9.17) is 10.3 Å². The first-order chi connectivity index (χ1) is 9.11. The minimum absolute atomic E-state index is 0.201. The summed E-state index contributed by atoms with van der Waals surface area (Å²) in [6, 6.07) is 1.70. The second kappa shape index (κ2) is 5.93. The molecular weight excluding hydrogens is 240 g/mol. The van der Waals surface area contributed by atoms with Gasteiger partial charge in [-0.1, -0.05) is 25.9 Å². The summed E-state index contributed by atoms with van der Waals surface area (Å²) in [6.07, 6.45) is 5.28. The molecule has 19 heavy (non-hydrogen) atoms. The first-order valence-corrected chi connectivity index (χ1v) is 6.64. The zero-order valence-electron chi connectivity index (χ0n) is 11.6. The van der Waals surface area contributed by atoms with Crippen molar-refractivity contribution >= 4 is 0 Å². The molecule has 0 aliphatic heterocycles. The van der Waals surface area contributed by atoms with Gasteiger partial charge in [0.15, 0.2) is 0 Å². The Bertz CT molecular complexity index is 536. The van der Waals surface area contributed by atoms with E-state index in [1.165, 1.54) is 0 Å². The molecule has 0 amide bonds. The first kappa shape index (κ1) is 13.7. The molecule has 0 aliphatic rings. The highest BCUT2D eigenvalue weighted by Gasteiger charge is 2.17. The van der Waals surface area contributed by atoms with Gasteiger partial charge < -0.3 is 10.3 Å². The lowest BCUT2D eigenvalue weighted by Crippen LogP contribution is -2.13. The van der Waals surface area contributed by atoms with Gasteiger partial charge >= 0.3 is 0 Å². The Morgan fingerprint density at radius 1 is 1.37 bits per heavy atom. The number of hydrogen-bond donors (Lipinski definition) is 1. The molecule has 2 heterocycles. The van der Waals surface area contributed by atoms with Crippen LogP contribution in [0.25, 0.3) is 11.4 Å². The van der Waals surface area contributed by atoms with Crippen LogP contribution < -0.4 is 5.73 Å². The Morgan fingerprint density at radius 2 is 2.16 bits per heavy atom. The summed E-state index contributed by atoms with van der Waals surface area (Å²) in [4.78, 5) is 8.52. The number of aromatic nitrogens is 3. The average molecular weight is 260 g/mol. The summed E-state index contributed by atoms with van der Waals surface area (Å²) in [5.74, 6) is 1.59. The van der Waals surface area contributed by atoms with Gasteiger partial charge in [-0.3, -0.25) is 4.98 Å². The van der Waals surface area contributed by atoms with Gasteiger partial charge in [0.25, 0.3) is 0 Å². The lowest BCUT2D eigenvalue weighted by Gasteiger charge is -2.08. The van der Waals surface area contributed by atoms with Gasteiger partial charge in [0.2, 0.25) is 11.7 Å². The molecule has 2 N–H and O–H groups in total. The summed E-state index contributed by atoms with van der Waals surface area (Å²) < 4.78 is 5.27. The highest BCUT2D eigenvalue weighted by molar-refractivity contribution is 5.58. The number of nitrogens with zero attached hydrogens (tertiary/aromatic N) is 3. The average Bonchev–Trinajstić information content (AvgIpc) is 2.87. The Morgan fingerprint density at radius 3 is 2.84 bits per heavy atom. The van der Waals surface area contributed by atoms with Crippen LogP contribution in [-0.4, -0.2) is 15.1 Å². The predicted octanol–water partition coefficient (Wildman–Crippen LogP) is 2.74. The van der Waals surface area contributed by atoms with E-state index in [-0.39, 0.29) is 6.04 Å². The predicted molar refractivity (Wildman–Crippen MR) is 73.3 cm³/mol. The number of nitrogens with two attached hydrogens (primary N) is 1. The highest BCUT2D eigenvalue weighted by Crippen LogP contribution is 2.23. The van der Waals surface area contributed by atoms with Gasteiger partial charge in [-0.15, -0.1) is 0 Å². The van der Waals surface area contributed by atoms with Crippen molar-refractivity contribution in [3.8, 4) is 11.4 Å². The first-order valence-electron chi connectivity index (χ1n) is 6.64. The number of pyridine rings is 1. The zero-order chi connectivity index (χ0) is 13.8. The third-order valence-corrected chi connectivity index (χ3v) is 3.01. The Balaban J connectivity index is 2.25. The van der Waals surface area contributed by atoms with Crippen LogP contribution in [-0.2, 0) is 6.42 Å². The topological polar surface area (TPSA) is 77.8 Å². The summed E-state index contributed by atoms with van der Waals surface area (Å²) in [6.45, 7) is 6.32. The summed E-state index contributed by atoms with van der Waals surface area (Å²) in [7, 11) is 0. The van der Waals surface area contributed by atoms with Crippen molar-refractivity contribution in [2.75, 3.05) is 0 Å². The fourth-order valence-electron chi connectivity index (χ4n) is 2.03. The monoisotopic (exact) mass is 260 g/mol. The standard InChI is InChI=1S/C14H20N4O/c1-4-10-8-16-6-5-11(10)13-17-14(19-18-13)12(15)7-9(2)3/h5-6,8-9,12H,4,7,15H2,1-3H3/t12-/m1/s1. The molecule has 0 bridgehead atoms. The van der Waals surface area contributed by atoms with Crippen molar-refractivity contribution in [1.29, 1.82) is 0 Å². The van der Waals surface area contributed by atoms with Crippen LogP contribution in [0.5, 0.6) is 0 Å². The molecule has 0 aromatic carbocycles. The normalized spacial score (nSPS) is 12.9. The summed E-state index contributed by atoms with van der Waals surface area (Å²) in [5, 5.41) is 4.03. The van der Waals surface area contributed by atoms with E-state index in [9.17, 15) is 0 Å². The fraction of sp³-hybridized carbons (Fsp3) is 0.500. The van der Waals surface area contributed by atoms with Crippen LogP contribution in [0.3, 0.4) is 0 Å². The van der Waals surface area contributed by atoms with E-state index in [0.29, 0.717) is 17.6 Å². The van der Waals surface area contributed by atoms with E-state index >= 15 is 0 Å². The lowest BCUT2D eigenvalue weighted by atomic mass is 10.0. The molecule has 0 unspecified atom stereocenters. The van der Waals surface area contributed by atoms with Crippen LogP contribution >= 0.6 is 0 Å². The van der Waals surface area contributed by atoms with E-state index in [1.807, 2.05) is 12.3 Å². The van der Waals surface area contributed by atoms with Crippen molar-refractivity contribution in [1.82, 2.24) is 15.1 Å². The molecule has 2 aromatic heterocycles. The van der Waals surface area contributed by atoms with Crippen LogP contribution in [0, 0.1) is 5.92 Å². The SMILES string of the molecule is CCc1cnccc1-c1noc([C@H](N)CC(C)C)n1. The molecule has 2 aromatic rings. The molecule has 0 spiro atoms. The molecule has 5 heteroatoms. The molecule has 0 radical (unpaired) electrons. The molecule has 0 fully saturated rings. The smallest absolute Gasteiger partial charge is 0.243 e. The zero-order valence-corrected chi connectivity index (χ0v) is 11.6. The molecule has 2 rings (SSSR count).